The van der Waals surface area contributed by atoms with Crippen molar-refractivity contribution < 1.29 is 23.6 Å². The summed E-state index contributed by atoms with van der Waals surface area (Å²) in [5.74, 6) is 1.97. The third kappa shape index (κ3) is 5.99. The Kier molecular flexibility index (Phi) is 8.29. The van der Waals surface area contributed by atoms with Gasteiger partial charge in [-0.3, -0.25) is 4.79 Å². The van der Waals surface area contributed by atoms with E-state index in [1.54, 1.807) is 6.08 Å². The number of amides is 1. The molecule has 0 spiro atoms. The van der Waals surface area contributed by atoms with Crippen LogP contribution in [0.5, 0.6) is 0 Å². The predicted octanol–water partition coefficient (Wildman–Crippen LogP) is 6.36. The van der Waals surface area contributed by atoms with Gasteiger partial charge in [0.1, 0.15) is 0 Å². The molecule has 1 aromatic heterocycles. The second kappa shape index (κ2) is 12.1. The van der Waals surface area contributed by atoms with Gasteiger partial charge in [-0.05, 0) is 93.4 Å². The van der Waals surface area contributed by atoms with Crippen LogP contribution in [0.2, 0.25) is 0 Å². The van der Waals surface area contributed by atoms with Crippen LogP contribution in [-0.4, -0.2) is 48.9 Å². The molecule has 2 bridgehead atoms. The lowest BCUT2D eigenvalue weighted by atomic mass is 9.53. The number of ether oxygens (including phenoxy) is 2. The van der Waals surface area contributed by atoms with Gasteiger partial charge < -0.3 is 18.9 Å². The highest BCUT2D eigenvalue weighted by Crippen LogP contribution is 2.58. The van der Waals surface area contributed by atoms with E-state index in [2.05, 4.69) is 10.1 Å². The summed E-state index contributed by atoms with van der Waals surface area (Å²) in [5.41, 5.74) is 1.86. The fraction of sp³-hybridized carbons (Fsp3) is 0.636. The first-order chi connectivity index (χ1) is 20.0. The van der Waals surface area contributed by atoms with Gasteiger partial charge in [-0.1, -0.05) is 36.6 Å². The Balaban J connectivity index is 1.20. The van der Waals surface area contributed by atoms with Crippen molar-refractivity contribution >= 4 is 23.6 Å². The van der Waals surface area contributed by atoms with E-state index in [1.165, 1.54) is 19.6 Å². The van der Waals surface area contributed by atoms with Crippen molar-refractivity contribution in [2.24, 2.45) is 11.3 Å². The van der Waals surface area contributed by atoms with Crippen molar-refractivity contribution in [2.45, 2.75) is 94.8 Å². The summed E-state index contributed by atoms with van der Waals surface area (Å²) in [4.78, 5) is 32.8. The van der Waals surface area contributed by atoms with E-state index in [4.69, 9.17) is 19.0 Å². The van der Waals surface area contributed by atoms with Crippen LogP contribution >= 0.6 is 0 Å². The molecule has 8 heteroatoms. The summed E-state index contributed by atoms with van der Waals surface area (Å²) in [6.07, 6.45) is 16.7. The Bertz CT molecular complexity index is 1230. The second-order valence-corrected chi connectivity index (χ2v) is 12.8. The van der Waals surface area contributed by atoms with E-state index in [0.29, 0.717) is 5.92 Å². The molecule has 5 fully saturated rings. The summed E-state index contributed by atoms with van der Waals surface area (Å²) in [6, 6.07) is 8.00. The highest BCUT2D eigenvalue weighted by atomic mass is 16.5. The van der Waals surface area contributed by atoms with Crippen LogP contribution in [0.3, 0.4) is 0 Å². The minimum absolute atomic E-state index is 0.0328. The summed E-state index contributed by atoms with van der Waals surface area (Å²) < 4.78 is 16.2. The Morgan fingerprint density at radius 3 is 2.46 bits per heavy atom. The monoisotopic (exact) mass is 561 g/mol. The normalized spacial score (nSPS) is 27.2. The molecule has 0 unspecified atom stereocenters. The molecule has 0 radical (unpaired) electrons. The van der Waals surface area contributed by atoms with E-state index in [-0.39, 0.29) is 22.7 Å². The van der Waals surface area contributed by atoms with E-state index < -0.39 is 5.97 Å². The summed E-state index contributed by atoms with van der Waals surface area (Å²) in [6.45, 7) is 2.27. The quantitative estimate of drug-likeness (QED) is 0.274. The molecule has 4 aliphatic carbocycles. The molecular weight excluding hydrogens is 518 g/mol. The minimum Gasteiger partial charge on any atom is -0.466 e. The molecule has 5 aliphatic rings. The lowest BCUT2D eigenvalue weighted by Gasteiger charge is -2.53. The smallest absolute Gasteiger partial charge is 0.330 e. The summed E-state index contributed by atoms with van der Waals surface area (Å²) in [7, 11) is 1.37. The maximum atomic E-state index is 14.1. The van der Waals surface area contributed by atoms with E-state index in [9.17, 15) is 9.59 Å². The van der Waals surface area contributed by atoms with Crippen molar-refractivity contribution in [1.29, 1.82) is 0 Å². The SMILES string of the molecule is COC(=O)/C=C/c1cccc(N(CC23CCC(c4nc(C5CCOCC5)no4)(CC2)CC3)C(=O)C2CCCCC2)c1. The van der Waals surface area contributed by atoms with Crippen molar-refractivity contribution in [2.75, 3.05) is 31.8 Å². The van der Waals surface area contributed by atoms with Crippen molar-refractivity contribution in [1.82, 2.24) is 10.1 Å². The number of nitrogens with zero attached hydrogens (tertiary/aromatic N) is 3. The Morgan fingerprint density at radius 1 is 1.02 bits per heavy atom. The number of anilines is 1. The number of methoxy groups -OCH3 is 1. The molecular formula is C33H43N3O5. The maximum Gasteiger partial charge on any atom is 0.330 e. The number of hydrogen-bond donors (Lipinski definition) is 0. The zero-order valence-corrected chi connectivity index (χ0v) is 24.3. The second-order valence-electron chi connectivity index (χ2n) is 12.8. The van der Waals surface area contributed by atoms with Crippen LogP contribution in [-0.2, 0) is 24.5 Å². The highest BCUT2D eigenvalue weighted by molar-refractivity contribution is 5.95. The standard InChI is InChI=1S/C33H43N3O5/c1-39-28(37)11-10-24-6-5-9-27(22-24)36(30(38)26-7-3-2-4-8-26)23-32-14-17-33(18-15-32,19-16-32)31-34-29(35-41-31)25-12-20-40-21-13-25/h5-6,9-11,22,25-26H,2-4,7-8,12-21,23H2,1H3/b11-10+. The van der Waals surface area contributed by atoms with Gasteiger partial charge in [0.25, 0.3) is 0 Å². The number of fused-ring (bicyclic) bond motifs is 3. The number of carbonyl (C=O) groups is 2. The lowest BCUT2D eigenvalue weighted by Crippen LogP contribution is -2.51. The van der Waals surface area contributed by atoms with Crippen molar-refractivity contribution in [3.05, 3.63) is 47.6 Å². The van der Waals surface area contributed by atoms with Crippen LogP contribution in [0.4, 0.5) is 5.69 Å². The molecule has 1 aromatic carbocycles. The van der Waals surface area contributed by atoms with Gasteiger partial charge >= 0.3 is 5.97 Å². The topological polar surface area (TPSA) is 94.8 Å². The van der Waals surface area contributed by atoms with Crippen LogP contribution in [0.15, 0.2) is 34.9 Å². The molecule has 2 heterocycles. The Hall–Kier alpha value is -3.00. The first kappa shape index (κ1) is 28.1. The number of benzene rings is 1. The van der Waals surface area contributed by atoms with Crippen LogP contribution in [0, 0.1) is 11.3 Å². The van der Waals surface area contributed by atoms with Gasteiger partial charge in [-0.15, -0.1) is 0 Å². The first-order valence-corrected chi connectivity index (χ1v) is 15.6. The van der Waals surface area contributed by atoms with Gasteiger partial charge in [0, 0.05) is 48.8 Å². The van der Waals surface area contributed by atoms with Gasteiger partial charge in [0.05, 0.1) is 7.11 Å². The van der Waals surface area contributed by atoms with Crippen LogP contribution < -0.4 is 4.90 Å². The molecule has 41 heavy (non-hydrogen) atoms. The largest absolute Gasteiger partial charge is 0.466 e. The molecule has 0 N–H and O–H groups in total. The summed E-state index contributed by atoms with van der Waals surface area (Å²) in [5, 5.41) is 4.42. The fourth-order valence-corrected chi connectivity index (χ4v) is 7.62. The molecule has 4 saturated carbocycles. The predicted molar refractivity (Wildman–Crippen MR) is 155 cm³/mol. The average Bonchev–Trinajstić information content (AvgIpc) is 3.56. The van der Waals surface area contributed by atoms with Gasteiger partial charge in [0.15, 0.2) is 5.82 Å². The van der Waals surface area contributed by atoms with Gasteiger partial charge in [-0.25, -0.2) is 4.79 Å². The zero-order valence-electron chi connectivity index (χ0n) is 24.3. The number of carbonyl (C=O) groups excluding carboxylic acids is 2. The third-order valence-corrected chi connectivity index (χ3v) is 10.4. The molecule has 7 rings (SSSR count). The lowest BCUT2D eigenvalue weighted by molar-refractivity contribution is -0.134. The first-order valence-electron chi connectivity index (χ1n) is 15.6. The minimum atomic E-state index is -0.390. The third-order valence-electron chi connectivity index (χ3n) is 10.4. The number of aromatic nitrogens is 2. The van der Waals surface area contributed by atoms with Crippen LogP contribution in [0.25, 0.3) is 6.08 Å². The number of esters is 1. The van der Waals surface area contributed by atoms with E-state index in [1.807, 2.05) is 24.3 Å². The van der Waals surface area contributed by atoms with E-state index in [0.717, 1.165) is 120 Å². The van der Waals surface area contributed by atoms with Crippen molar-refractivity contribution in [3.8, 4) is 0 Å². The fourth-order valence-electron chi connectivity index (χ4n) is 7.62. The highest BCUT2D eigenvalue weighted by Gasteiger charge is 2.53. The molecule has 0 atom stereocenters. The Morgan fingerprint density at radius 2 is 1.76 bits per heavy atom. The number of hydrogen-bond acceptors (Lipinski definition) is 7. The summed E-state index contributed by atoms with van der Waals surface area (Å²) >= 11 is 0. The zero-order chi connectivity index (χ0) is 28.3. The maximum absolute atomic E-state index is 14.1. The molecule has 1 amide bonds. The van der Waals surface area contributed by atoms with E-state index >= 15 is 0 Å². The number of rotatable bonds is 8. The molecule has 2 aromatic rings. The van der Waals surface area contributed by atoms with Crippen LogP contribution in [0.1, 0.15) is 107 Å². The molecule has 1 aliphatic heterocycles. The molecule has 220 valence electrons. The molecule has 8 nitrogen and oxygen atoms in total. The average molecular weight is 562 g/mol. The Labute approximate surface area is 242 Å². The van der Waals surface area contributed by atoms with Gasteiger partial charge in [0.2, 0.25) is 11.8 Å². The molecule has 1 saturated heterocycles. The van der Waals surface area contributed by atoms with Crippen molar-refractivity contribution in [3.63, 3.8) is 0 Å². The van der Waals surface area contributed by atoms with Gasteiger partial charge in [-0.2, -0.15) is 4.98 Å².